The van der Waals surface area contributed by atoms with E-state index in [2.05, 4.69) is 113 Å². The molecule has 6 aromatic rings. The first-order chi connectivity index (χ1) is 43.4. The van der Waals surface area contributed by atoms with Crippen LogP contribution in [0.25, 0.3) is 0 Å². The largest absolute Gasteiger partial charge is 0.412 e. The van der Waals surface area contributed by atoms with Crippen molar-refractivity contribution in [2.75, 3.05) is 14.7 Å². The van der Waals surface area contributed by atoms with Gasteiger partial charge in [0.25, 0.3) is 0 Å². The van der Waals surface area contributed by atoms with Gasteiger partial charge < -0.3 is 14.0 Å². The predicted molar refractivity (Wildman–Crippen MR) is 386 cm³/mol. The highest BCUT2D eigenvalue weighted by Crippen LogP contribution is 2.47. The number of rotatable bonds is 18. The molecule has 0 aliphatic carbocycles. The van der Waals surface area contributed by atoms with Crippen molar-refractivity contribution in [1.29, 1.82) is 0 Å². The van der Waals surface area contributed by atoms with E-state index >= 15 is 0 Å². The Hall–Kier alpha value is -5.22. The topological polar surface area (TPSA) is 177 Å². The van der Waals surface area contributed by atoms with Crippen molar-refractivity contribution in [1.82, 2.24) is 29.9 Å². The molecule has 3 aliphatic rings. The molecule has 3 aliphatic heterocycles. The lowest BCUT2D eigenvalue weighted by atomic mass is 9.94. The Balaban J connectivity index is 0.000000206. The molecule has 506 valence electrons. The van der Waals surface area contributed by atoms with Gasteiger partial charge in [-0.1, -0.05) is 136 Å². The monoisotopic (exact) mass is 1380 g/mol. The lowest BCUT2D eigenvalue weighted by Crippen LogP contribution is -2.47. The average molecular weight is 1390 g/mol. The molecule has 2 atom stereocenters. The van der Waals surface area contributed by atoms with Gasteiger partial charge in [0.1, 0.15) is 17.5 Å². The summed E-state index contributed by atoms with van der Waals surface area (Å²) in [5, 5.41) is 11.2. The van der Waals surface area contributed by atoms with Crippen molar-refractivity contribution in [3.05, 3.63) is 157 Å². The molecular formula is C72H101Cl4N9O6Si2. The molecule has 0 fully saturated rings. The molecule has 93 heavy (non-hydrogen) atoms. The minimum Gasteiger partial charge on any atom is -0.412 e. The predicted octanol–water partition coefficient (Wildman–Crippen LogP) is 18.3. The third-order valence-corrected chi connectivity index (χ3v) is 31.1. The molecule has 0 aromatic carbocycles. The molecule has 15 nitrogen and oxygen atoms in total. The van der Waals surface area contributed by atoms with Crippen LogP contribution in [0.2, 0.25) is 48.3 Å². The third-order valence-electron chi connectivity index (χ3n) is 18.1. The normalized spacial score (nSPS) is 15.9. The van der Waals surface area contributed by atoms with E-state index in [9.17, 15) is 19.5 Å². The fourth-order valence-electron chi connectivity index (χ4n) is 14.2. The van der Waals surface area contributed by atoms with Crippen molar-refractivity contribution in [3.8, 4) is 0 Å². The molecule has 21 heteroatoms. The second-order valence-electron chi connectivity index (χ2n) is 29.4. The molecule has 0 radical (unpaired) electrons. The summed E-state index contributed by atoms with van der Waals surface area (Å²) in [7, 11) is -3.94. The number of amides is 3. The number of aliphatic hydroxyl groups is 1. The number of nitrogens with zero attached hydrogens (tertiary/aromatic N) is 9. The number of fused-ring (bicyclic) bond motifs is 3. The molecule has 1 N–H and O–H groups in total. The minimum absolute atomic E-state index is 0.0110. The Morgan fingerprint density at radius 2 is 0.828 bits per heavy atom. The summed E-state index contributed by atoms with van der Waals surface area (Å²) in [6.07, 6.45) is 11.4. The van der Waals surface area contributed by atoms with Crippen molar-refractivity contribution in [2.45, 2.75) is 252 Å². The van der Waals surface area contributed by atoms with Gasteiger partial charge >= 0.3 is 0 Å². The van der Waals surface area contributed by atoms with Crippen LogP contribution in [-0.4, -0.2) is 86.0 Å². The summed E-state index contributed by atoms with van der Waals surface area (Å²) >= 11 is 24.4. The standard InChI is InChI=1S/C27H40ClN3O2Si.C18H20ClN3O2.C16H27Cl2NOSi.C11H14N2O/c1-17(2)34(18(3)4,19(5)6)33-16-20-13-21(28)15-30-24(20)14-23-22-11-10-12-29-25(22)31(26(23)32)27(7,8)9;1-18(2,3)22-16-13(5-4-6-20-16)14(17(22)24)8-15-11(10-23)7-12(19)9-21-15;1-11(2)21(12(3)4,13(5)6)20-10-14-7-15(18)9-19-16(14)8-17;1-11(2,3)13-9(14)7-8-5-4-6-12-10(8)13/h10-13,15,17-19,23H,14,16H2,1-9H3;4-7,9,14,23H,8,10H2,1-3H3;7,9,11-13H,8,10H2,1-6H3;4-6H,7H2,1-3H3. The van der Waals surface area contributed by atoms with E-state index in [1.54, 1.807) is 53.0 Å². The maximum atomic E-state index is 13.6. The summed E-state index contributed by atoms with van der Waals surface area (Å²) in [6.45, 7) is 46.4. The van der Waals surface area contributed by atoms with Crippen LogP contribution < -0.4 is 14.7 Å². The molecule has 3 amide bonds. The summed E-state index contributed by atoms with van der Waals surface area (Å²) in [5.74, 6) is 2.22. The average Bonchev–Trinajstić information content (AvgIpc) is 1.63. The molecule has 6 aromatic heterocycles. The van der Waals surface area contributed by atoms with Gasteiger partial charge in [-0.15, -0.1) is 11.6 Å². The van der Waals surface area contributed by atoms with E-state index in [0.717, 1.165) is 50.8 Å². The van der Waals surface area contributed by atoms with Crippen molar-refractivity contribution in [2.24, 2.45) is 0 Å². The Bertz CT molecular complexity index is 3510. The number of anilines is 3. The number of pyridine rings is 6. The van der Waals surface area contributed by atoms with E-state index in [4.69, 9.17) is 55.3 Å². The van der Waals surface area contributed by atoms with Gasteiger partial charge in [-0.05, 0) is 138 Å². The maximum Gasteiger partial charge on any atom is 0.236 e. The first-order valence-electron chi connectivity index (χ1n) is 32.6. The van der Waals surface area contributed by atoms with Gasteiger partial charge in [-0.3, -0.25) is 44.0 Å². The number of alkyl halides is 1. The summed E-state index contributed by atoms with van der Waals surface area (Å²) < 4.78 is 13.4. The van der Waals surface area contributed by atoms with Gasteiger partial charge in [0.15, 0.2) is 0 Å². The third kappa shape index (κ3) is 17.5. The van der Waals surface area contributed by atoms with Crippen LogP contribution in [0, 0.1) is 0 Å². The number of hydrogen-bond acceptors (Lipinski definition) is 12. The van der Waals surface area contributed by atoms with Crippen molar-refractivity contribution < 1.29 is 28.3 Å². The van der Waals surface area contributed by atoms with Crippen LogP contribution in [0.15, 0.2) is 91.8 Å². The van der Waals surface area contributed by atoms with Gasteiger partial charge in [-0.25, -0.2) is 15.0 Å². The SMILES string of the molecule is CC(C)(C)N1C(=O)C(Cc2ncc(Cl)cc2CO)c2cccnc21.CC(C)(C)N1C(=O)Cc2cccnc21.CC(C)[Si](OCc1cc(Cl)cnc1CC1C(=O)N(C(C)(C)C)c2ncccc21)(C(C)C)C(C)C.CC(C)[Si](OCc1cc(Cl)cnc1CCl)(C(C)C)C(C)C. The fourth-order valence-corrected chi connectivity index (χ4v) is 25.8. The maximum absolute atomic E-state index is 13.6. The molecule has 9 heterocycles. The molecule has 0 saturated carbocycles. The van der Waals surface area contributed by atoms with E-state index in [-0.39, 0.29) is 52.8 Å². The van der Waals surface area contributed by atoms with Gasteiger partial charge in [-0.2, -0.15) is 0 Å². The van der Waals surface area contributed by atoms with Gasteiger partial charge in [0, 0.05) is 106 Å². The molecule has 2 unspecified atom stereocenters. The van der Waals surface area contributed by atoms with Crippen LogP contribution in [0.4, 0.5) is 17.5 Å². The number of carbonyl (C=O) groups is 3. The van der Waals surface area contributed by atoms with Crippen LogP contribution in [0.1, 0.15) is 208 Å². The highest BCUT2D eigenvalue weighted by Gasteiger charge is 2.48. The van der Waals surface area contributed by atoms with Gasteiger partial charge in [0.2, 0.25) is 34.4 Å². The zero-order valence-corrected chi connectivity index (χ0v) is 63.8. The Kier molecular flexibility index (Phi) is 26.2. The lowest BCUT2D eigenvalue weighted by Gasteiger charge is -2.42. The van der Waals surface area contributed by atoms with Crippen LogP contribution in [0.5, 0.6) is 0 Å². The molecule has 0 bridgehead atoms. The van der Waals surface area contributed by atoms with E-state index < -0.39 is 16.6 Å². The smallest absolute Gasteiger partial charge is 0.236 e. The van der Waals surface area contributed by atoms with Crippen LogP contribution >= 0.6 is 46.4 Å². The highest BCUT2D eigenvalue weighted by molar-refractivity contribution is 6.78. The quantitative estimate of drug-likeness (QED) is 0.0637. The highest BCUT2D eigenvalue weighted by atomic mass is 35.5. The lowest BCUT2D eigenvalue weighted by molar-refractivity contribution is -0.121. The van der Waals surface area contributed by atoms with Crippen LogP contribution in [0.3, 0.4) is 0 Å². The van der Waals surface area contributed by atoms with E-state index in [1.807, 2.05) is 116 Å². The number of hydrogen-bond donors (Lipinski definition) is 1. The van der Waals surface area contributed by atoms with Crippen molar-refractivity contribution >= 4 is 98.2 Å². The zero-order valence-electron chi connectivity index (χ0n) is 58.8. The number of aromatic nitrogens is 6. The first kappa shape index (κ1) is 76.8. The van der Waals surface area contributed by atoms with Gasteiger partial charge in [0.05, 0.1) is 64.7 Å². The number of halogens is 4. The first-order valence-corrected chi connectivity index (χ1v) is 38.5. The molecular weight excluding hydrogens is 1280 g/mol. The number of aliphatic hydroxyl groups excluding tert-OH is 1. The number of carbonyl (C=O) groups excluding carboxylic acids is 3. The Morgan fingerprint density at radius 1 is 0.495 bits per heavy atom. The van der Waals surface area contributed by atoms with E-state index in [1.165, 1.54) is 0 Å². The summed E-state index contributed by atoms with van der Waals surface area (Å²) in [5.41, 5.74) is 10.2. The zero-order chi connectivity index (χ0) is 69.5. The Morgan fingerprint density at radius 3 is 1.18 bits per heavy atom. The molecule has 9 rings (SSSR count). The van der Waals surface area contributed by atoms with E-state index in [0.29, 0.717) is 104 Å². The summed E-state index contributed by atoms with van der Waals surface area (Å²) in [6, 6.07) is 17.1. The van der Waals surface area contributed by atoms with Crippen molar-refractivity contribution in [3.63, 3.8) is 0 Å². The second kappa shape index (κ2) is 31.8. The second-order valence-corrected chi connectivity index (χ2v) is 41.9. The molecule has 0 saturated heterocycles. The fraction of sp³-hybridized carbons (Fsp3) is 0.542. The van der Waals surface area contributed by atoms with Crippen LogP contribution in [-0.2, 0) is 68.2 Å². The minimum atomic E-state index is -2.06. The molecule has 0 spiro atoms. The summed E-state index contributed by atoms with van der Waals surface area (Å²) in [4.78, 5) is 70.3. The Labute approximate surface area is 576 Å².